The van der Waals surface area contributed by atoms with Crippen LogP contribution in [0.25, 0.3) is 10.2 Å². The van der Waals surface area contributed by atoms with Gasteiger partial charge in [0.25, 0.3) is 0 Å². The van der Waals surface area contributed by atoms with E-state index in [-0.39, 0.29) is 5.91 Å². The fourth-order valence-corrected chi connectivity index (χ4v) is 6.40. The number of hydrogen-bond donors (Lipinski definition) is 4. The molecule has 2 amide bonds. The third-order valence-corrected chi connectivity index (χ3v) is 8.39. The van der Waals surface area contributed by atoms with Crippen LogP contribution in [0.5, 0.6) is 5.75 Å². The molecule has 0 bridgehead atoms. The highest BCUT2D eigenvalue weighted by atomic mass is 32.1. The second-order valence-electron chi connectivity index (χ2n) is 10.5. The van der Waals surface area contributed by atoms with Crippen molar-refractivity contribution in [3.8, 4) is 5.75 Å². The lowest BCUT2D eigenvalue weighted by Crippen LogP contribution is -2.29. The van der Waals surface area contributed by atoms with Gasteiger partial charge < -0.3 is 31.4 Å². The maximum atomic E-state index is 12.2. The number of ether oxygens (including phenoxy) is 1. The lowest BCUT2D eigenvalue weighted by Gasteiger charge is -2.17. The summed E-state index contributed by atoms with van der Waals surface area (Å²) in [7, 11) is 3.38. The van der Waals surface area contributed by atoms with Crippen LogP contribution in [-0.2, 0) is 22.4 Å². The summed E-state index contributed by atoms with van der Waals surface area (Å²) < 4.78 is 6.04. The number of aryl methyl sites for hydroxylation is 2. The van der Waals surface area contributed by atoms with E-state index in [4.69, 9.17) is 15.9 Å². The number of aromatic nitrogens is 2. The number of nitrogen functional groups attached to an aromatic ring is 1. The van der Waals surface area contributed by atoms with Gasteiger partial charge >= 0.3 is 0 Å². The zero-order chi connectivity index (χ0) is 28.5. The molecule has 0 atom stereocenters. The first kappa shape index (κ1) is 29.3. The lowest BCUT2D eigenvalue weighted by atomic mass is 9.97. The first-order valence-corrected chi connectivity index (χ1v) is 14.7. The van der Waals surface area contributed by atoms with Gasteiger partial charge in [0.2, 0.25) is 12.3 Å². The van der Waals surface area contributed by atoms with Crippen LogP contribution in [0.1, 0.15) is 60.9 Å². The number of anilines is 3. The lowest BCUT2D eigenvalue weighted by molar-refractivity contribution is -0.122. The van der Waals surface area contributed by atoms with Crippen LogP contribution in [0.3, 0.4) is 0 Å². The molecule has 2 aliphatic rings. The summed E-state index contributed by atoms with van der Waals surface area (Å²) in [5, 5.41) is 15.2. The Morgan fingerprint density at radius 3 is 2.67 bits per heavy atom. The number of rotatable bonds is 10. The topological polar surface area (TPSA) is 146 Å². The third kappa shape index (κ3) is 7.47. The minimum Gasteiger partial charge on any atom is -0.489 e. The summed E-state index contributed by atoms with van der Waals surface area (Å²) in [4.78, 5) is 34.6. The zero-order valence-corrected chi connectivity index (χ0v) is 24.1. The summed E-state index contributed by atoms with van der Waals surface area (Å²) in [6.45, 7) is 0.745. The first-order valence-electron chi connectivity index (χ1n) is 13.9. The Labute approximate surface area is 239 Å². The van der Waals surface area contributed by atoms with E-state index in [1.54, 1.807) is 37.8 Å². The Morgan fingerprint density at radius 1 is 1.20 bits per heavy atom. The quantitative estimate of drug-likeness (QED) is 0.121. The predicted molar refractivity (Wildman–Crippen MR) is 161 cm³/mol. The van der Waals surface area contributed by atoms with E-state index in [0.717, 1.165) is 48.1 Å². The number of nitrogens with one attached hydrogen (secondary N) is 3. The van der Waals surface area contributed by atoms with Crippen LogP contribution < -0.4 is 21.1 Å². The highest BCUT2D eigenvalue weighted by Crippen LogP contribution is 2.40. The molecule has 5 N–H and O–H groups in total. The summed E-state index contributed by atoms with van der Waals surface area (Å²) >= 11 is 1.75. The number of benzene rings is 1. The van der Waals surface area contributed by atoms with Gasteiger partial charge in [0.05, 0.1) is 17.6 Å². The molecular weight excluding hydrogens is 526 g/mol. The summed E-state index contributed by atoms with van der Waals surface area (Å²) in [6.07, 6.45) is 13.5. The maximum absolute atomic E-state index is 12.2. The Kier molecular flexibility index (Phi) is 10.3. The van der Waals surface area contributed by atoms with Gasteiger partial charge in [-0.05, 0) is 56.1 Å². The van der Waals surface area contributed by atoms with Crippen LogP contribution in [-0.4, -0.2) is 60.6 Å². The Balaban J connectivity index is 0.000000681. The Morgan fingerprint density at radius 2 is 1.95 bits per heavy atom. The van der Waals surface area contributed by atoms with Crippen molar-refractivity contribution in [2.75, 3.05) is 38.3 Å². The van der Waals surface area contributed by atoms with E-state index in [1.165, 1.54) is 47.2 Å². The van der Waals surface area contributed by atoms with E-state index in [1.807, 2.05) is 6.07 Å². The molecule has 1 aromatic carbocycles. The van der Waals surface area contributed by atoms with Crippen molar-refractivity contribution >= 4 is 57.3 Å². The van der Waals surface area contributed by atoms with Gasteiger partial charge in [-0.2, -0.15) is 0 Å². The van der Waals surface area contributed by atoms with E-state index < -0.39 is 0 Å². The molecule has 3 aromatic rings. The number of carbonyl (C=O) groups is 2. The van der Waals surface area contributed by atoms with E-state index in [0.29, 0.717) is 48.2 Å². The number of thiophene rings is 1. The number of amides is 2. The molecule has 0 unspecified atom stereocenters. The molecule has 5 rings (SSSR count). The highest BCUT2D eigenvalue weighted by molar-refractivity contribution is 7.19. The number of hydrogen-bond acceptors (Lipinski definition) is 9. The molecule has 11 heteroatoms. The molecule has 1 saturated carbocycles. The Bertz CT molecular complexity index is 1330. The molecule has 2 heterocycles. The number of fused-ring (bicyclic) bond motifs is 3. The fourth-order valence-electron chi connectivity index (χ4n) is 5.17. The van der Waals surface area contributed by atoms with Gasteiger partial charge in [-0.15, -0.1) is 11.3 Å². The third-order valence-electron chi connectivity index (χ3n) is 7.19. The van der Waals surface area contributed by atoms with E-state index in [9.17, 15) is 9.59 Å². The van der Waals surface area contributed by atoms with Crippen LogP contribution in [0, 0.1) is 11.3 Å². The van der Waals surface area contributed by atoms with Crippen molar-refractivity contribution < 1.29 is 14.3 Å². The summed E-state index contributed by atoms with van der Waals surface area (Å²) in [6, 6.07) is 3.54. The molecule has 0 spiro atoms. The smallest absolute Gasteiger partial charge is 0.220 e. The maximum Gasteiger partial charge on any atom is 0.220 e. The minimum atomic E-state index is 0.0862. The molecule has 0 saturated heterocycles. The van der Waals surface area contributed by atoms with Crippen molar-refractivity contribution in [2.45, 2.75) is 57.8 Å². The van der Waals surface area contributed by atoms with E-state index >= 15 is 0 Å². The molecule has 2 aliphatic carbocycles. The molecule has 2 aromatic heterocycles. The zero-order valence-electron chi connectivity index (χ0n) is 23.3. The van der Waals surface area contributed by atoms with Crippen molar-refractivity contribution in [2.24, 2.45) is 5.92 Å². The van der Waals surface area contributed by atoms with Crippen molar-refractivity contribution in [3.63, 3.8) is 0 Å². The normalized spacial score (nSPS) is 14.6. The number of nitrogens with zero attached hydrogens (tertiary/aromatic N) is 3. The van der Waals surface area contributed by atoms with Crippen LogP contribution >= 0.6 is 11.3 Å². The second kappa shape index (κ2) is 14.1. The summed E-state index contributed by atoms with van der Waals surface area (Å²) in [5.74, 6) is 1.91. The van der Waals surface area contributed by atoms with Gasteiger partial charge in [-0.25, -0.2) is 9.97 Å². The highest BCUT2D eigenvalue weighted by Gasteiger charge is 2.21. The van der Waals surface area contributed by atoms with Gasteiger partial charge in [0.1, 0.15) is 29.3 Å². The van der Waals surface area contributed by atoms with Gasteiger partial charge in [0, 0.05) is 48.9 Å². The second-order valence-corrected chi connectivity index (χ2v) is 11.6. The average molecular weight is 566 g/mol. The van der Waals surface area contributed by atoms with Crippen LogP contribution in [0.15, 0.2) is 18.5 Å². The van der Waals surface area contributed by atoms with Crippen LogP contribution in [0.2, 0.25) is 0 Å². The number of carbonyl (C=O) groups excluding carboxylic acids is 2. The van der Waals surface area contributed by atoms with Gasteiger partial charge in [-0.3, -0.25) is 9.59 Å². The molecule has 0 aliphatic heterocycles. The molecule has 214 valence electrons. The van der Waals surface area contributed by atoms with Crippen LogP contribution in [0.4, 0.5) is 17.2 Å². The first-order chi connectivity index (χ1) is 19.4. The van der Waals surface area contributed by atoms with Crippen molar-refractivity contribution in [1.29, 1.82) is 5.41 Å². The molecular formula is C29H39N7O3S. The standard InChI is InChI=1S/C26H32N6O2S.C3H7NO/c27-14-17-12-20(32-25-24-18-7-3-4-8-22(18)35-26(24)31-15-30-25)21(13-19(17)28)34-10-9-29-23(33)11-16-5-1-2-6-16;1-4(2)3-5/h12-16,27H,1-11,28H2,(H,29,33)(H,30,31,32);3H,1-2H3. The predicted octanol–water partition coefficient (Wildman–Crippen LogP) is 4.67. The Hall–Kier alpha value is -3.73. The SMILES string of the molecule is CN(C)C=O.N=Cc1cc(Nc2ncnc3sc4c(c23)CCCC4)c(OCCNC(=O)CC2CCCC2)cc1N. The molecule has 1 fully saturated rings. The fraction of sp³-hybridized carbons (Fsp3) is 0.483. The molecule has 0 radical (unpaired) electrons. The van der Waals surface area contributed by atoms with Gasteiger partial charge in [-0.1, -0.05) is 12.8 Å². The average Bonchev–Trinajstić information content (AvgIpc) is 3.60. The molecule has 10 nitrogen and oxygen atoms in total. The minimum absolute atomic E-state index is 0.0862. The number of nitrogens with two attached hydrogens (primary N) is 1. The monoisotopic (exact) mass is 565 g/mol. The van der Waals surface area contributed by atoms with E-state index in [2.05, 4.69) is 20.6 Å². The van der Waals surface area contributed by atoms with Gasteiger partial charge in [0.15, 0.2) is 0 Å². The van der Waals surface area contributed by atoms with Crippen molar-refractivity contribution in [3.05, 3.63) is 34.5 Å². The summed E-state index contributed by atoms with van der Waals surface area (Å²) in [5.41, 5.74) is 9.24. The largest absolute Gasteiger partial charge is 0.489 e. The van der Waals surface area contributed by atoms with Crippen molar-refractivity contribution in [1.82, 2.24) is 20.2 Å². The molecule has 40 heavy (non-hydrogen) atoms.